The van der Waals surface area contributed by atoms with Crippen LogP contribution in [0.2, 0.25) is 5.02 Å². The number of halogens is 1. The number of nitrogens with zero attached hydrogens (tertiary/aromatic N) is 1. The molecular formula is C21H20ClN3O2. The third kappa shape index (κ3) is 5.08. The Labute approximate surface area is 163 Å². The van der Waals surface area contributed by atoms with Crippen LogP contribution < -0.4 is 10.6 Å². The van der Waals surface area contributed by atoms with Crippen molar-refractivity contribution in [2.75, 3.05) is 10.6 Å². The van der Waals surface area contributed by atoms with Gasteiger partial charge in [-0.15, -0.1) is 0 Å². The Morgan fingerprint density at radius 3 is 1.96 bits per heavy atom. The summed E-state index contributed by atoms with van der Waals surface area (Å²) in [5, 5.41) is 15.2. The van der Waals surface area contributed by atoms with Crippen molar-refractivity contribution in [1.29, 1.82) is 5.26 Å². The molecule has 0 spiro atoms. The Balaban J connectivity index is 1.49. The average molecular weight is 382 g/mol. The van der Waals surface area contributed by atoms with Crippen molar-refractivity contribution in [2.24, 2.45) is 11.8 Å². The quantitative estimate of drug-likeness (QED) is 0.812. The van der Waals surface area contributed by atoms with Crippen molar-refractivity contribution in [3.8, 4) is 6.07 Å². The van der Waals surface area contributed by atoms with Crippen LogP contribution in [0, 0.1) is 23.2 Å². The van der Waals surface area contributed by atoms with Crippen molar-refractivity contribution < 1.29 is 9.59 Å². The number of hydrogen-bond donors (Lipinski definition) is 2. The van der Waals surface area contributed by atoms with Gasteiger partial charge in [-0.2, -0.15) is 5.26 Å². The summed E-state index contributed by atoms with van der Waals surface area (Å²) < 4.78 is 0. The first-order valence-electron chi connectivity index (χ1n) is 8.92. The van der Waals surface area contributed by atoms with E-state index in [0.29, 0.717) is 47.6 Å². The van der Waals surface area contributed by atoms with E-state index in [4.69, 9.17) is 16.9 Å². The fourth-order valence-corrected chi connectivity index (χ4v) is 3.49. The molecule has 1 fully saturated rings. The minimum atomic E-state index is -0.101. The molecule has 6 heteroatoms. The van der Waals surface area contributed by atoms with E-state index in [2.05, 4.69) is 10.6 Å². The molecule has 3 rings (SSSR count). The van der Waals surface area contributed by atoms with E-state index in [9.17, 15) is 9.59 Å². The van der Waals surface area contributed by atoms with Gasteiger partial charge in [-0.25, -0.2) is 0 Å². The summed E-state index contributed by atoms with van der Waals surface area (Å²) in [6, 6.07) is 15.9. The van der Waals surface area contributed by atoms with Crippen LogP contribution in [0.4, 0.5) is 11.4 Å². The summed E-state index contributed by atoms with van der Waals surface area (Å²) in [4.78, 5) is 24.9. The number of nitrogens with one attached hydrogen (secondary N) is 2. The molecule has 138 valence electrons. The second kappa shape index (κ2) is 8.70. The predicted molar refractivity (Wildman–Crippen MR) is 105 cm³/mol. The predicted octanol–water partition coefficient (Wildman–Crippen LogP) is 4.60. The van der Waals surface area contributed by atoms with Gasteiger partial charge in [-0.1, -0.05) is 17.7 Å². The number of hydrogen-bond acceptors (Lipinski definition) is 3. The number of amides is 2. The summed E-state index contributed by atoms with van der Waals surface area (Å²) in [5.74, 6) is -0.254. The van der Waals surface area contributed by atoms with Crippen LogP contribution in [-0.4, -0.2) is 11.8 Å². The molecule has 0 aromatic heterocycles. The number of carbonyl (C=O) groups excluding carboxylic acids is 2. The highest BCUT2D eigenvalue weighted by molar-refractivity contribution is 6.30. The van der Waals surface area contributed by atoms with E-state index in [-0.39, 0.29) is 23.7 Å². The molecule has 1 saturated carbocycles. The number of carbonyl (C=O) groups is 2. The van der Waals surface area contributed by atoms with Gasteiger partial charge < -0.3 is 10.6 Å². The van der Waals surface area contributed by atoms with E-state index in [1.165, 1.54) is 0 Å². The average Bonchev–Trinajstić information content (AvgIpc) is 2.68. The fourth-order valence-electron chi connectivity index (χ4n) is 3.30. The van der Waals surface area contributed by atoms with Gasteiger partial charge in [-0.05, 0) is 68.1 Å². The van der Waals surface area contributed by atoms with E-state index >= 15 is 0 Å². The maximum atomic E-state index is 12.4. The van der Waals surface area contributed by atoms with Crippen molar-refractivity contribution >= 4 is 34.8 Å². The van der Waals surface area contributed by atoms with Gasteiger partial charge in [0.05, 0.1) is 11.6 Å². The number of nitriles is 1. The maximum Gasteiger partial charge on any atom is 0.227 e. The number of benzene rings is 2. The molecule has 27 heavy (non-hydrogen) atoms. The second-order valence-electron chi connectivity index (χ2n) is 6.73. The molecule has 2 amide bonds. The van der Waals surface area contributed by atoms with Gasteiger partial charge >= 0.3 is 0 Å². The topological polar surface area (TPSA) is 82.0 Å². The molecule has 0 aliphatic heterocycles. The lowest BCUT2D eigenvalue weighted by molar-refractivity contribution is -0.125. The first kappa shape index (κ1) is 18.9. The Hall–Kier alpha value is -2.84. The first-order valence-corrected chi connectivity index (χ1v) is 9.30. The molecule has 1 aliphatic rings. The molecule has 0 unspecified atom stereocenters. The van der Waals surface area contributed by atoms with Gasteiger partial charge in [-0.3, -0.25) is 9.59 Å². The molecule has 5 nitrogen and oxygen atoms in total. The van der Waals surface area contributed by atoms with E-state index in [1.807, 2.05) is 6.07 Å². The molecule has 2 aromatic rings. The molecule has 0 atom stereocenters. The van der Waals surface area contributed by atoms with Crippen LogP contribution >= 0.6 is 11.6 Å². The van der Waals surface area contributed by atoms with Crippen LogP contribution in [-0.2, 0) is 9.59 Å². The summed E-state index contributed by atoms with van der Waals surface area (Å²) in [6.07, 6.45) is 2.71. The lowest BCUT2D eigenvalue weighted by Gasteiger charge is -2.27. The van der Waals surface area contributed by atoms with Gasteiger partial charge in [0.1, 0.15) is 0 Å². The highest BCUT2D eigenvalue weighted by atomic mass is 35.5. The number of anilines is 2. The Kier molecular flexibility index (Phi) is 6.10. The van der Waals surface area contributed by atoms with Crippen molar-refractivity contribution in [3.63, 3.8) is 0 Å². The molecule has 1 aliphatic carbocycles. The molecule has 0 saturated heterocycles. The van der Waals surface area contributed by atoms with Gasteiger partial charge in [0, 0.05) is 28.2 Å². The van der Waals surface area contributed by atoms with Crippen LogP contribution in [0.25, 0.3) is 0 Å². The zero-order valence-electron chi connectivity index (χ0n) is 14.7. The minimum Gasteiger partial charge on any atom is -0.326 e. The standard InChI is InChI=1S/C21H20ClN3O2/c22-17-2-1-3-19(12-17)25-21(27)16-8-6-15(7-9-16)20(26)24-18-10-4-14(13-23)5-11-18/h1-5,10-12,15-16H,6-9H2,(H,24,26)(H,25,27). The minimum absolute atomic E-state index is 0.0248. The fraction of sp³-hybridized carbons (Fsp3) is 0.286. The smallest absolute Gasteiger partial charge is 0.227 e. The molecule has 0 bridgehead atoms. The SMILES string of the molecule is N#Cc1ccc(NC(=O)C2CCC(C(=O)Nc3cccc(Cl)c3)CC2)cc1. The zero-order chi connectivity index (χ0) is 19.2. The lowest BCUT2D eigenvalue weighted by atomic mass is 9.81. The van der Waals surface area contributed by atoms with Crippen LogP contribution in [0.5, 0.6) is 0 Å². The Morgan fingerprint density at radius 1 is 0.889 bits per heavy atom. The van der Waals surface area contributed by atoms with Crippen LogP contribution in [0.1, 0.15) is 31.2 Å². The highest BCUT2D eigenvalue weighted by Crippen LogP contribution is 2.31. The maximum absolute atomic E-state index is 12.4. The zero-order valence-corrected chi connectivity index (χ0v) is 15.5. The Bertz CT molecular complexity index is 866. The van der Waals surface area contributed by atoms with Crippen molar-refractivity contribution in [3.05, 3.63) is 59.1 Å². The van der Waals surface area contributed by atoms with E-state index < -0.39 is 0 Å². The van der Waals surface area contributed by atoms with E-state index in [1.54, 1.807) is 48.5 Å². The summed E-state index contributed by atoms with van der Waals surface area (Å²) in [5.41, 5.74) is 1.92. The van der Waals surface area contributed by atoms with E-state index in [0.717, 1.165) is 0 Å². The third-order valence-corrected chi connectivity index (χ3v) is 5.08. The molecule has 2 aromatic carbocycles. The summed E-state index contributed by atoms with van der Waals surface area (Å²) in [7, 11) is 0. The highest BCUT2D eigenvalue weighted by Gasteiger charge is 2.30. The molecule has 0 heterocycles. The van der Waals surface area contributed by atoms with Crippen LogP contribution in [0.3, 0.4) is 0 Å². The second-order valence-corrected chi connectivity index (χ2v) is 7.16. The van der Waals surface area contributed by atoms with Crippen molar-refractivity contribution in [1.82, 2.24) is 0 Å². The molecule has 2 N–H and O–H groups in total. The monoisotopic (exact) mass is 381 g/mol. The first-order chi connectivity index (χ1) is 13.0. The Morgan fingerprint density at radius 2 is 1.44 bits per heavy atom. The summed E-state index contributed by atoms with van der Waals surface area (Å²) >= 11 is 5.94. The van der Waals surface area contributed by atoms with Gasteiger partial charge in [0.25, 0.3) is 0 Å². The van der Waals surface area contributed by atoms with Gasteiger partial charge in [0.15, 0.2) is 0 Å². The third-order valence-electron chi connectivity index (χ3n) is 4.84. The largest absolute Gasteiger partial charge is 0.326 e. The van der Waals surface area contributed by atoms with Gasteiger partial charge in [0.2, 0.25) is 11.8 Å². The molecular weight excluding hydrogens is 362 g/mol. The summed E-state index contributed by atoms with van der Waals surface area (Å²) in [6.45, 7) is 0. The van der Waals surface area contributed by atoms with Crippen molar-refractivity contribution in [2.45, 2.75) is 25.7 Å². The van der Waals surface area contributed by atoms with Crippen LogP contribution in [0.15, 0.2) is 48.5 Å². The molecule has 0 radical (unpaired) electrons. The normalized spacial score (nSPS) is 19.0. The number of rotatable bonds is 4. The lowest BCUT2D eigenvalue weighted by Crippen LogP contribution is -2.32.